The summed E-state index contributed by atoms with van der Waals surface area (Å²) in [6, 6.07) is 33.0. The molecule has 0 aliphatic rings. The van der Waals surface area contributed by atoms with Crippen molar-refractivity contribution in [2.45, 2.75) is 52.4 Å². The van der Waals surface area contributed by atoms with Crippen LogP contribution in [0.15, 0.2) is 91.0 Å². The van der Waals surface area contributed by atoms with Gasteiger partial charge in [-0.2, -0.15) is 0 Å². The lowest BCUT2D eigenvalue weighted by Crippen LogP contribution is -2.11. The fraction of sp³-hybridized carbons (Fsp3) is 0.250. The van der Waals surface area contributed by atoms with Gasteiger partial charge >= 0.3 is 0 Å². The monoisotopic (exact) mass is 446 g/mol. The van der Waals surface area contributed by atoms with Crippen molar-refractivity contribution in [3.05, 3.63) is 102 Å². The average Bonchev–Trinajstić information content (AvgIpc) is 3.12. The fourth-order valence-electron chi connectivity index (χ4n) is 4.64. The Morgan fingerprint density at radius 3 is 1.59 bits per heavy atom. The summed E-state index contributed by atoms with van der Waals surface area (Å²) >= 11 is 0. The second-order valence-corrected chi connectivity index (χ2v) is 11.3. The van der Waals surface area contributed by atoms with Crippen molar-refractivity contribution >= 4 is 33.2 Å². The van der Waals surface area contributed by atoms with E-state index < -0.39 is 0 Å². The largest absolute Gasteiger partial charge is 0.355 e. The molecule has 0 saturated carbocycles. The van der Waals surface area contributed by atoms with E-state index in [0.29, 0.717) is 0 Å². The molecule has 1 aromatic heterocycles. The molecule has 0 aliphatic carbocycles. The molecular formula is C32H34N2. The first kappa shape index (κ1) is 22.3. The number of hydrogen-bond donors (Lipinski definition) is 1. The predicted molar refractivity (Wildman–Crippen MR) is 148 cm³/mol. The molecule has 172 valence electrons. The lowest BCUT2D eigenvalue weighted by atomic mass is 9.86. The summed E-state index contributed by atoms with van der Waals surface area (Å²) in [4.78, 5) is 0. The van der Waals surface area contributed by atoms with Crippen LogP contribution in [0.5, 0.6) is 0 Å². The first-order valence-corrected chi connectivity index (χ1v) is 12.1. The van der Waals surface area contributed by atoms with Crippen LogP contribution in [0.4, 0.5) is 11.4 Å². The van der Waals surface area contributed by atoms with Crippen molar-refractivity contribution in [1.82, 2.24) is 4.57 Å². The van der Waals surface area contributed by atoms with Crippen LogP contribution in [0.25, 0.3) is 27.5 Å². The van der Waals surface area contributed by atoms with Gasteiger partial charge in [-0.3, -0.25) is 0 Å². The maximum atomic E-state index is 3.56. The molecule has 1 N–H and O–H groups in total. The summed E-state index contributed by atoms with van der Waals surface area (Å²) in [6.07, 6.45) is 0. The third-order valence-corrected chi connectivity index (χ3v) is 6.67. The molecule has 0 atom stereocenters. The predicted octanol–water partition coefficient (Wildman–Crippen LogP) is 9.12. The van der Waals surface area contributed by atoms with Crippen LogP contribution in [0.3, 0.4) is 0 Å². The summed E-state index contributed by atoms with van der Waals surface area (Å²) in [6.45, 7) is 13.7. The maximum absolute atomic E-state index is 3.56. The van der Waals surface area contributed by atoms with Crippen LogP contribution < -0.4 is 5.32 Å². The SMILES string of the molecule is CC(C)(C)c1ccc2c3ccc(C(C)(C)C)cc3n(-c3cccc(Nc4ccccc4)c3)c2c1. The summed E-state index contributed by atoms with van der Waals surface area (Å²) in [5.41, 5.74) is 8.71. The van der Waals surface area contributed by atoms with Gasteiger partial charge in [-0.15, -0.1) is 0 Å². The molecule has 34 heavy (non-hydrogen) atoms. The van der Waals surface area contributed by atoms with Gasteiger partial charge in [0.05, 0.1) is 11.0 Å². The molecule has 0 bridgehead atoms. The molecule has 4 aromatic carbocycles. The number of nitrogens with zero attached hydrogens (tertiary/aromatic N) is 1. The Morgan fingerprint density at radius 2 is 1.06 bits per heavy atom. The molecule has 5 aromatic rings. The molecule has 2 nitrogen and oxygen atoms in total. The van der Waals surface area contributed by atoms with Crippen molar-refractivity contribution in [3.63, 3.8) is 0 Å². The van der Waals surface area contributed by atoms with E-state index in [1.54, 1.807) is 0 Å². The van der Waals surface area contributed by atoms with Gasteiger partial charge in [0.15, 0.2) is 0 Å². The van der Waals surface area contributed by atoms with Gasteiger partial charge < -0.3 is 9.88 Å². The molecule has 0 aliphatic heterocycles. The summed E-state index contributed by atoms with van der Waals surface area (Å²) in [7, 11) is 0. The Bertz CT molecular complexity index is 1400. The quantitative estimate of drug-likeness (QED) is 0.292. The molecule has 0 radical (unpaired) electrons. The Hall–Kier alpha value is -3.52. The van der Waals surface area contributed by atoms with Gasteiger partial charge in [0.25, 0.3) is 0 Å². The van der Waals surface area contributed by atoms with Crippen molar-refractivity contribution in [2.75, 3.05) is 5.32 Å². The zero-order chi connectivity index (χ0) is 24.1. The van der Waals surface area contributed by atoms with E-state index in [0.717, 1.165) is 17.1 Å². The molecular weight excluding hydrogens is 412 g/mol. The number of fused-ring (bicyclic) bond motifs is 3. The second kappa shape index (κ2) is 8.06. The number of para-hydroxylation sites is 1. The molecule has 0 spiro atoms. The van der Waals surface area contributed by atoms with Crippen LogP contribution in [-0.4, -0.2) is 4.57 Å². The number of aromatic nitrogens is 1. The van der Waals surface area contributed by atoms with Gasteiger partial charge in [0.2, 0.25) is 0 Å². The molecule has 0 amide bonds. The highest BCUT2D eigenvalue weighted by Crippen LogP contribution is 2.37. The van der Waals surface area contributed by atoms with E-state index in [-0.39, 0.29) is 10.8 Å². The fourth-order valence-corrected chi connectivity index (χ4v) is 4.64. The number of hydrogen-bond acceptors (Lipinski definition) is 1. The Morgan fingerprint density at radius 1 is 0.529 bits per heavy atom. The van der Waals surface area contributed by atoms with Crippen LogP contribution in [0.2, 0.25) is 0 Å². The van der Waals surface area contributed by atoms with Crippen molar-refractivity contribution in [2.24, 2.45) is 0 Å². The lowest BCUT2D eigenvalue weighted by molar-refractivity contribution is 0.591. The zero-order valence-electron chi connectivity index (χ0n) is 21.1. The van der Waals surface area contributed by atoms with Gasteiger partial charge in [-0.05, 0) is 64.4 Å². The average molecular weight is 447 g/mol. The Labute approximate surface area is 203 Å². The van der Waals surface area contributed by atoms with Crippen LogP contribution >= 0.6 is 0 Å². The molecule has 0 saturated heterocycles. The minimum atomic E-state index is 0.0861. The van der Waals surface area contributed by atoms with Gasteiger partial charge in [0, 0.05) is 27.8 Å². The van der Waals surface area contributed by atoms with E-state index in [4.69, 9.17) is 0 Å². The van der Waals surface area contributed by atoms with E-state index in [9.17, 15) is 0 Å². The summed E-state index contributed by atoms with van der Waals surface area (Å²) < 4.78 is 2.44. The van der Waals surface area contributed by atoms with Crippen LogP contribution in [0, 0.1) is 0 Å². The highest BCUT2D eigenvalue weighted by atomic mass is 15.0. The third-order valence-electron chi connectivity index (χ3n) is 6.67. The van der Waals surface area contributed by atoms with Crippen molar-refractivity contribution < 1.29 is 0 Å². The number of anilines is 2. The van der Waals surface area contributed by atoms with E-state index in [2.05, 4.69) is 136 Å². The molecule has 2 heteroatoms. The highest BCUT2D eigenvalue weighted by Gasteiger charge is 2.20. The van der Waals surface area contributed by atoms with E-state index >= 15 is 0 Å². The molecule has 0 fully saturated rings. The third kappa shape index (κ3) is 4.09. The van der Waals surface area contributed by atoms with E-state index in [1.807, 2.05) is 6.07 Å². The number of rotatable bonds is 3. The number of benzene rings is 4. The maximum Gasteiger partial charge on any atom is 0.0544 e. The topological polar surface area (TPSA) is 17.0 Å². The highest BCUT2D eigenvalue weighted by molar-refractivity contribution is 6.09. The second-order valence-electron chi connectivity index (χ2n) is 11.3. The summed E-state index contributed by atoms with van der Waals surface area (Å²) in [5.74, 6) is 0. The first-order valence-electron chi connectivity index (χ1n) is 12.1. The minimum Gasteiger partial charge on any atom is -0.355 e. The lowest BCUT2D eigenvalue weighted by Gasteiger charge is -2.20. The van der Waals surface area contributed by atoms with Crippen molar-refractivity contribution in [3.8, 4) is 5.69 Å². The minimum absolute atomic E-state index is 0.0861. The Balaban J connectivity index is 1.77. The van der Waals surface area contributed by atoms with Gasteiger partial charge in [-0.25, -0.2) is 0 Å². The van der Waals surface area contributed by atoms with Crippen LogP contribution in [-0.2, 0) is 10.8 Å². The zero-order valence-corrected chi connectivity index (χ0v) is 21.1. The van der Waals surface area contributed by atoms with Crippen molar-refractivity contribution in [1.29, 1.82) is 0 Å². The standard InChI is InChI=1S/C32H34N2/c1-31(2,3)22-15-17-27-28-18-16-23(32(4,5)6)20-30(28)34(29(27)19-22)26-14-10-13-25(21-26)33-24-11-8-7-9-12-24/h7-21,33H,1-6H3. The number of nitrogens with one attached hydrogen (secondary N) is 1. The smallest absolute Gasteiger partial charge is 0.0544 e. The Kier molecular flexibility index (Phi) is 5.28. The molecule has 5 rings (SSSR count). The van der Waals surface area contributed by atoms with Gasteiger partial charge in [0.1, 0.15) is 0 Å². The normalized spacial score (nSPS) is 12.4. The van der Waals surface area contributed by atoms with Gasteiger partial charge in [-0.1, -0.05) is 90.1 Å². The first-order chi connectivity index (χ1) is 16.1. The molecule has 0 unspecified atom stereocenters. The molecule has 1 heterocycles. The summed E-state index contributed by atoms with van der Waals surface area (Å²) in [5, 5.41) is 6.15. The van der Waals surface area contributed by atoms with E-state index in [1.165, 1.54) is 32.9 Å². The van der Waals surface area contributed by atoms with Crippen LogP contribution in [0.1, 0.15) is 52.7 Å².